The molecule has 2 fully saturated rings. The van der Waals surface area contributed by atoms with Gasteiger partial charge in [-0.1, -0.05) is 38.1 Å². The Hall–Kier alpha value is -1.59. The van der Waals surface area contributed by atoms with E-state index in [0.29, 0.717) is 5.41 Å². The molecule has 3 rings (SSSR count). The van der Waals surface area contributed by atoms with E-state index in [9.17, 15) is 0 Å². The average molecular weight is 359 g/mol. The summed E-state index contributed by atoms with van der Waals surface area (Å²) in [6.07, 6.45) is 2.41. The summed E-state index contributed by atoms with van der Waals surface area (Å²) in [6, 6.07) is 8.96. The van der Waals surface area contributed by atoms with Crippen molar-refractivity contribution >= 4 is 5.96 Å². The number of aliphatic imine (C=N–C) groups is 1. The minimum absolute atomic E-state index is 0.365. The number of rotatable bonds is 6. The van der Waals surface area contributed by atoms with Crippen LogP contribution in [0.5, 0.6) is 0 Å². The van der Waals surface area contributed by atoms with Crippen LogP contribution in [0, 0.1) is 5.41 Å². The SMILES string of the molecule is CCN(CC)Cc1ccc(CNC(=NC)N2CCC3(CCOC3)C2)cc1. The molecule has 2 heterocycles. The summed E-state index contributed by atoms with van der Waals surface area (Å²) in [4.78, 5) is 9.33. The summed E-state index contributed by atoms with van der Waals surface area (Å²) in [6.45, 7) is 12.4. The van der Waals surface area contributed by atoms with Gasteiger partial charge in [-0.3, -0.25) is 9.89 Å². The van der Waals surface area contributed by atoms with Crippen molar-refractivity contribution < 1.29 is 4.74 Å². The number of benzene rings is 1. The molecule has 0 aliphatic carbocycles. The fraction of sp³-hybridized carbons (Fsp3) is 0.667. The van der Waals surface area contributed by atoms with Crippen LogP contribution in [0.25, 0.3) is 0 Å². The van der Waals surface area contributed by atoms with Crippen molar-refractivity contribution in [2.24, 2.45) is 10.4 Å². The van der Waals surface area contributed by atoms with Crippen LogP contribution in [0.15, 0.2) is 29.3 Å². The van der Waals surface area contributed by atoms with E-state index in [2.05, 4.69) is 58.2 Å². The van der Waals surface area contributed by atoms with Gasteiger partial charge in [-0.2, -0.15) is 0 Å². The minimum Gasteiger partial charge on any atom is -0.381 e. The van der Waals surface area contributed by atoms with Gasteiger partial charge >= 0.3 is 0 Å². The van der Waals surface area contributed by atoms with E-state index in [0.717, 1.165) is 58.4 Å². The lowest BCUT2D eigenvalue weighted by Gasteiger charge is -2.25. The first-order chi connectivity index (χ1) is 12.7. The second kappa shape index (κ2) is 8.87. The highest BCUT2D eigenvalue weighted by Crippen LogP contribution is 2.38. The average Bonchev–Trinajstić information content (AvgIpc) is 3.31. The molecule has 0 saturated carbocycles. The standard InChI is InChI=1S/C21H34N4O/c1-4-24(5-2)15-19-8-6-18(7-9-19)14-23-20(22-3)25-12-10-21(16-25)11-13-26-17-21/h6-9H,4-5,10-17H2,1-3H3,(H,22,23). The summed E-state index contributed by atoms with van der Waals surface area (Å²) < 4.78 is 5.64. The zero-order chi connectivity index (χ0) is 18.4. The van der Waals surface area contributed by atoms with Crippen LogP contribution in [-0.4, -0.2) is 62.2 Å². The van der Waals surface area contributed by atoms with Gasteiger partial charge < -0.3 is 15.0 Å². The van der Waals surface area contributed by atoms with Gasteiger partial charge in [0.25, 0.3) is 0 Å². The largest absolute Gasteiger partial charge is 0.381 e. The summed E-state index contributed by atoms with van der Waals surface area (Å²) in [5.41, 5.74) is 3.04. The Bertz CT molecular complexity index is 589. The number of guanidine groups is 1. The third-order valence-corrected chi connectivity index (χ3v) is 5.91. The molecule has 144 valence electrons. The van der Waals surface area contributed by atoms with E-state index in [1.54, 1.807) is 0 Å². The van der Waals surface area contributed by atoms with Crippen LogP contribution in [0.3, 0.4) is 0 Å². The van der Waals surface area contributed by atoms with Crippen LogP contribution in [0.1, 0.15) is 37.8 Å². The molecule has 0 amide bonds. The molecule has 1 aromatic carbocycles. The fourth-order valence-corrected chi connectivity index (χ4v) is 4.07. The van der Waals surface area contributed by atoms with E-state index >= 15 is 0 Å². The van der Waals surface area contributed by atoms with Crippen LogP contribution in [0.2, 0.25) is 0 Å². The van der Waals surface area contributed by atoms with Gasteiger partial charge in [-0.15, -0.1) is 0 Å². The van der Waals surface area contributed by atoms with Gasteiger partial charge in [0.15, 0.2) is 5.96 Å². The number of nitrogens with one attached hydrogen (secondary N) is 1. The molecular formula is C21H34N4O. The van der Waals surface area contributed by atoms with Gasteiger partial charge in [0.2, 0.25) is 0 Å². The highest BCUT2D eigenvalue weighted by atomic mass is 16.5. The highest BCUT2D eigenvalue weighted by Gasteiger charge is 2.42. The Kier molecular flexibility index (Phi) is 6.54. The minimum atomic E-state index is 0.365. The molecule has 2 saturated heterocycles. The first-order valence-electron chi connectivity index (χ1n) is 10.0. The van der Waals surface area contributed by atoms with E-state index in [1.807, 2.05) is 7.05 Å². The van der Waals surface area contributed by atoms with Crippen molar-refractivity contribution in [3.05, 3.63) is 35.4 Å². The molecule has 2 aliphatic rings. The van der Waals surface area contributed by atoms with Crippen molar-refractivity contribution in [3.63, 3.8) is 0 Å². The highest BCUT2D eigenvalue weighted by molar-refractivity contribution is 5.80. The van der Waals surface area contributed by atoms with Crippen molar-refractivity contribution in [1.82, 2.24) is 15.1 Å². The molecule has 1 unspecified atom stereocenters. The lowest BCUT2D eigenvalue weighted by Crippen LogP contribution is -2.41. The smallest absolute Gasteiger partial charge is 0.193 e. The molecule has 1 spiro atoms. The summed E-state index contributed by atoms with van der Waals surface area (Å²) in [5.74, 6) is 1.01. The van der Waals surface area contributed by atoms with Gasteiger partial charge in [-0.25, -0.2) is 0 Å². The molecule has 1 aromatic rings. The third-order valence-electron chi connectivity index (χ3n) is 5.91. The molecule has 1 atom stereocenters. The number of nitrogens with zero attached hydrogens (tertiary/aromatic N) is 3. The molecule has 5 nitrogen and oxygen atoms in total. The summed E-state index contributed by atoms with van der Waals surface area (Å²) >= 11 is 0. The maximum atomic E-state index is 5.64. The van der Waals surface area contributed by atoms with Gasteiger partial charge in [-0.05, 0) is 37.1 Å². The first kappa shape index (κ1) is 19.2. The topological polar surface area (TPSA) is 40.1 Å². The molecular weight excluding hydrogens is 324 g/mol. The van der Waals surface area contributed by atoms with E-state index in [-0.39, 0.29) is 0 Å². The quantitative estimate of drug-likeness (QED) is 0.627. The Balaban J connectivity index is 1.51. The van der Waals surface area contributed by atoms with Gasteiger partial charge in [0, 0.05) is 45.2 Å². The van der Waals surface area contributed by atoms with Crippen LogP contribution < -0.4 is 5.32 Å². The van der Waals surface area contributed by atoms with Gasteiger partial charge in [0.05, 0.1) is 6.61 Å². The van der Waals surface area contributed by atoms with Crippen LogP contribution in [0.4, 0.5) is 0 Å². The Morgan fingerprint density at radius 2 is 1.92 bits per heavy atom. The Morgan fingerprint density at radius 1 is 1.19 bits per heavy atom. The zero-order valence-electron chi connectivity index (χ0n) is 16.6. The van der Waals surface area contributed by atoms with Crippen molar-refractivity contribution in [3.8, 4) is 0 Å². The van der Waals surface area contributed by atoms with E-state index in [4.69, 9.17) is 4.74 Å². The summed E-state index contributed by atoms with van der Waals surface area (Å²) in [7, 11) is 1.88. The number of ether oxygens (including phenoxy) is 1. The Labute approximate surface area is 158 Å². The molecule has 1 N–H and O–H groups in total. The lowest BCUT2D eigenvalue weighted by atomic mass is 9.87. The normalized spacial score (nSPS) is 23.4. The predicted octanol–water partition coefficient (Wildman–Crippen LogP) is 2.72. The second-order valence-corrected chi connectivity index (χ2v) is 7.65. The number of hydrogen-bond acceptors (Lipinski definition) is 3. The lowest BCUT2D eigenvalue weighted by molar-refractivity contribution is 0.156. The first-order valence-corrected chi connectivity index (χ1v) is 10.0. The van der Waals surface area contributed by atoms with Crippen LogP contribution in [-0.2, 0) is 17.8 Å². The number of hydrogen-bond donors (Lipinski definition) is 1. The van der Waals surface area contributed by atoms with Crippen molar-refractivity contribution in [2.45, 2.75) is 39.8 Å². The Morgan fingerprint density at radius 3 is 2.54 bits per heavy atom. The fourth-order valence-electron chi connectivity index (χ4n) is 4.07. The molecule has 0 bridgehead atoms. The molecule has 5 heteroatoms. The van der Waals surface area contributed by atoms with Crippen molar-refractivity contribution in [1.29, 1.82) is 0 Å². The predicted molar refractivity (Wildman–Crippen MR) is 107 cm³/mol. The van der Waals surface area contributed by atoms with Crippen LogP contribution >= 0.6 is 0 Å². The molecule has 0 aromatic heterocycles. The second-order valence-electron chi connectivity index (χ2n) is 7.65. The van der Waals surface area contributed by atoms with Crippen molar-refractivity contribution in [2.75, 3.05) is 46.4 Å². The maximum Gasteiger partial charge on any atom is 0.193 e. The third kappa shape index (κ3) is 4.57. The molecule has 0 radical (unpaired) electrons. The van der Waals surface area contributed by atoms with E-state index in [1.165, 1.54) is 24.0 Å². The zero-order valence-corrected chi connectivity index (χ0v) is 16.6. The molecule has 26 heavy (non-hydrogen) atoms. The number of likely N-dealkylation sites (tertiary alicyclic amines) is 1. The summed E-state index contributed by atoms with van der Waals surface area (Å²) in [5, 5.41) is 3.54. The van der Waals surface area contributed by atoms with E-state index < -0.39 is 0 Å². The van der Waals surface area contributed by atoms with Gasteiger partial charge in [0.1, 0.15) is 0 Å². The monoisotopic (exact) mass is 358 g/mol. The molecule has 2 aliphatic heterocycles. The maximum absolute atomic E-state index is 5.64.